The molecule has 3 heterocycles. The van der Waals surface area contributed by atoms with Gasteiger partial charge in [0.2, 0.25) is 10.0 Å². The second-order valence-corrected chi connectivity index (χ2v) is 11.7. The van der Waals surface area contributed by atoms with Crippen LogP contribution in [0.1, 0.15) is 44.6 Å². The highest BCUT2D eigenvalue weighted by Crippen LogP contribution is 2.43. The van der Waals surface area contributed by atoms with Gasteiger partial charge in [0.1, 0.15) is 5.39 Å². The van der Waals surface area contributed by atoms with Crippen LogP contribution in [0.15, 0.2) is 46.2 Å². The summed E-state index contributed by atoms with van der Waals surface area (Å²) in [5, 5.41) is 17.7. The lowest BCUT2D eigenvalue weighted by molar-refractivity contribution is -0.0241. The predicted octanol–water partition coefficient (Wildman–Crippen LogP) is 3.27. The molecule has 0 radical (unpaired) electrons. The molecule has 0 bridgehead atoms. The van der Waals surface area contributed by atoms with Gasteiger partial charge in [-0.2, -0.15) is 14.7 Å². The van der Waals surface area contributed by atoms with Gasteiger partial charge in [-0.3, -0.25) is 9.48 Å². The fourth-order valence-electron chi connectivity index (χ4n) is 5.64. The molecule has 2 N–H and O–H groups in total. The van der Waals surface area contributed by atoms with E-state index in [1.807, 2.05) is 0 Å². The fourth-order valence-corrected chi connectivity index (χ4v) is 7.30. The van der Waals surface area contributed by atoms with E-state index in [-0.39, 0.29) is 28.6 Å². The summed E-state index contributed by atoms with van der Waals surface area (Å²) >= 11 is 0. The molecular weight excluding hydrogens is 480 g/mol. The molecule has 1 saturated heterocycles. The monoisotopic (exact) mass is 508 g/mol. The molecule has 6 rings (SSSR count). The molecule has 3 atom stereocenters. The van der Waals surface area contributed by atoms with Crippen LogP contribution in [-0.4, -0.2) is 52.8 Å². The molecule has 3 aliphatic rings. The quantitative estimate of drug-likeness (QED) is 0.500. The molecule has 2 aliphatic carbocycles. The van der Waals surface area contributed by atoms with Crippen molar-refractivity contribution < 1.29 is 13.2 Å². The Bertz CT molecular complexity index is 1490. The first kappa shape index (κ1) is 23.2. The number of aromatic nitrogens is 3. The van der Waals surface area contributed by atoms with Gasteiger partial charge in [0.25, 0.3) is 5.56 Å². The maximum absolute atomic E-state index is 13.4. The number of hydrogen-bond acceptors (Lipinski definition) is 7. The third-order valence-electron chi connectivity index (χ3n) is 7.57. The molecule has 0 amide bonds. The van der Waals surface area contributed by atoms with Crippen LogP contribution in [0.25, 0.3) is 10.9 Å². The fraction of sp³-hybridized carbons (Fsp3) is 0.480. The lowest BCUT2D eigenvalue weighted by atomic mass is 10.1. The van der Waals surface area contributed by atoms with Crippen molar-refractivity contribution in [3.05, 3.63) is 46.9 Å². The highest BCUT2D eigenvalue weighted by Gasteiger charge is 2.42. The van der Waals surface area contributed by atoms with E-state index in [2.05, 4.69) is 16.4 Å². The Morgan fingerprint density at radius 2 is 2.00 bits per heavy atom. The van der Waals surface area contributed by atoms with E-state index in [4.69, 9.17) is 9.84 Å². The van der Waals surface area contributed by atoms with Crippen LogP contribution in [0.2, 0.25) is 0 Å². The van der Waals surface area contributed by atoms with Crippen LogP contribution in [0.3, 0.4) is 0 Å². The Morgan fingerprint density at radius 3 is 2.75 bits per heavy atom. The zero-order valence-corrected chi connectivity index (χ0v) is 20.6. The number of fused-ring (bicyclic) bond motifs is 2. The normalized spacial score (nSPS) is 23.3. The largest absolute Gasteiger partial charge is 0.375 e. The number of aromatic amines is 1. The number of pyridine rings is 1. The van der Waals surface area contributed by atoms with Crippen LogP contribution in [0, 0.1) is 17.2 Å². The summed E-state index contributed by atoms with van der Waals surface area (Å²) < 4.78 is 35.9. The maximum Gasteiger partial charge on any atom is 0.261 e. The summed E-state index contributed by atoms with van der Waals surface area (Å²) in [7, 11) is -3.64. The lowest BCUT2D eigenvalue weighted by Gasteiger charge is -2.36. The molecule has 2 saturated carbocycles. The Labute approximate surface area is 208 Å². The van der Waals surface area contributed by atoms with Crippen LogP contribution in [-0.2, 0) is 14.8 Å². The van der Waals surface area contributed by atoms with Gasteiger partial charge in [0.15, 0.2) is 5.82 Å². The molecule has 3 fully saturated rings. The van der Waals surface area contributed by atoms with Crippen LogP contribution in [0.5, 0.6) is 0 Å². The number of hydrogen-bond donors (Lipinski definition) is 2. The summed E-state index contributed by atoms with van der Waals surface area (Å²) in [5.41, 5.74) is 1.02. The number of H-pyrrole nitrogens is 1. The first-order chi connectivity index (χ1) is 17.5. The van der Waals surface area contributed by atoms with Gasteiger partial charge in [-0.15, -0.1) is 0 Å². The first-order valence-corrected chi connectivity index (χ1v) is 13.9. The van der Waals surface area contributed by atoms with Gasteiger partial charge in [-0.25, -0.2) is 8.42 Å². The zero-order valence-electron chi connectivity index (χ0n) is 19.8. The average Bonchev–Trinajstić information content (AvgIpc) is 3.49. The minimum atomic E-state index is -3.64. The SMILES string of the molecule is N#CCC(C1CC1)n1nc(Nc2ccc(S(=O)(=O)N3CCOC4CCCC43)cc2)c2c(=O)[nH]ccc21. The molecule has 1 aliphatic heterocycles. The summed E-state index contributed by atoms with van der Waals surface area (Å²) in [6.07, 6.45) is 6.67. The van der Waals surface area contributed by atoms with Gasteiger partial charge in [-0.1, -0.05) is 0 Å². The molecular formula is C25H28N6O4S. The second-order valence-electron chi connectivity index (χ2n) is 9.80. The van der Waals surface area contributed by atoms with Crippen molar-refractivity contribution in [2.24, 2.45) is 5.92 Å². The Hall–Kier alpha value is -3.20. The minimum Gasteiger partial charge on any atom is -0.375 e. The molecule has 2 aromatic heterocycles. The Balaban J connectivity index is 1.29. The van der Waals surface area contributed by atoms with Crippen LogP contribution in [0.4, 0.5) is 11.5 Å². The van der Waals surface area contributed by atoms with Crippen molar-refractivity contribution in [3.63, 3.8) is 0 Å². The van der Waals surface area contributed by atoms with Gasteiger partial charge in [0, 0.05) is 18.4 Å². The van der Waals surface area contributed by atoms with Crippen LogP contribution < -0.4 is 10.9 Å². The van der Waals surface area contributed by atoms with Crippen molar-refractivity contribution in [1.82, 2.24) is 19.1 Å². The van der Waals surface area contributed by atoms with Crippen molar-refractivity contribution in [1.29, 1.82) is 5.26 Å². The van der Waals surface area contributed by atoms with E-state index in [9.17, 15) is 18.5 Å². The molecule has 1 aromatic carbocycles. The van der Waals surface area contributed by atoms with Gasteiger partial charge in [-0.05, 0) is 68.4 Å². The summed E-state index contributed by atoms with van der Waals surface area (Å²) in [6.45, 7) is 0.776. The Kier molecular flexibility index (Phi) is 5.82. The van der Waals surface area contributed by atoms with Crippen molar-refractivity contribution >= 4 is 32.4 Å². The van der Waals surface area contributed by atoms with E-state index in [1.54, 1.807) is 45.5 Å². The first-order valence-electron chi connectivity index (χ1n) is 12.4. The van der Waals surface area contributed by atoms with Crippen LogP contribution >= 0.6 is 0 Å². The third-order valence-corrected chi connectivity index (χ3v) is 9.50. The number of anilines is 2. The van der Waals surface area contributed by atoms with Crippen molar-refractivity contribution in [3.8, 4) is 6.07 Å². The molecule has 3 unspecified atom stereocenters. The van der Waals surface area contributed by atoms with Crippen molar-refractivity contribution in [2.45, 2.75) is 61.6 Å². The van der Waals surface area contributed by atoms with E-state index < -0.39 is 10.0 Å². The van der Waals surface area contributed by atoms with Crippen molar-refractivity contribution in [2.75, 3.05) is 18.5 Å². The standard InChI is InChI=1S/C25H28N6O4S/c26-12-10-19(16-4-5-16)31-21-11-13-27-25(32)23(21)24(29-31)28-17-6-8-18(9-7-17)36(33,34)30-14-15-35-22-3-1-2-20(22)30/h6-9,11,13,16,19-20,22H,1-5,10,14-15H2,(H,27,32)(H,28,29). The predicted molar refractivity (Wildman–Crippen MR) is 133 cm³/mol. The molecule has 11 heteroatoms. The van der Waals surface area contributed by atoms with Gasteiger partial charge >= 0.3 is 0 Å². The lowest BCUT2D eigenvalue weighted by Crippen LogP contribution is -2.51. The number of benzene rings is 1. The average molecular weight is 509 g/mol. The number of nitriles is 1. The summed E-state index contributed by atoms with van der Waals surface area (Å²) in [6, 6.07) is 10.4. The number of nitrogens with one attached hydrogen (secondary N) is 2. The van der Waals surface area contributed by atoms with Gasteiger partial charge < -0.3 is 15.0 Å². The highest BCUT2D eigenvalue weighted by atomic mass is 32.2. The molecule has 36 heavy (non-hydrogen) atoms. The molecule has 3 aromatic rings. The summed E-state index contributed by atoms with van der Waals surface area (Å²) in [5.74, 6) is 0.761. The zero-order chi connectivity index (χ0) is 24.9. The summed E-state index contributed by atoms with van der Waals surface area (Å²) in [4.78, 5) is 15.6. The second kappa shape index (κ2) is 9.03. The topological polar surface area (TPSA) is 133 Å². The molecule has 0 spiro atoms. The molecule has 188 valence electrons. The maximum atomic E-state index is 13.4. The number of sulfonamides is 1. The third kappa shape index (κ3) is 3.99. The van der Waals surface area contributed by atoms with E-state index in [0.717, 1.165) is 32.1 Å². The van der Waals surface area contributed by atoms with E-state index in [1.165, 1.54) is 0 Å². The number of nitrogens with zero attached hydrogens (tertiary/aromatic N) is 4. The number of ether oxygens (including phenoxy) is 1. The van der Waals surface area contributed by atoms with E-state index >= 15 is 0 Å². The van der Waals surface area contributed by atoms with Gasteiger partial charge in [0.05, 0.1) is 47.7 Å². The number of morpholine rings is 1. The van der Waals surface area contributed by atoms with E-state index in [0.29, 0.717) is 47.9 Å². The molecule has 10 nitrogen and oxygen atoms in total. The highest BCUT2D eigenvalue weighted by molar-refractivity contribution is 7.89. The Morgan fingerprint density at radius 1 is 1.19 bits per heavy atom. The minimum absolute atomic E-state index is 0.0172. The smallest absolute Gasteiger partial charge is 0.261 e. The number of rotatable bonds is 7.